The number of aliphatic hydroxyl groups excluding tert-OH is 2. The molecular formula is C24H33ClO6. The van der Waals surface area contributed by atoms with Crippen LogP contribution in [0.5, 0.6) is 11.5 Å². The lowest BCUT2D eigenvalue weighted by molar-refractivity contribution is -0.00419. The molecule has 0 amide bonds. The van der Waals surface area contributed by atoms with E-state index >= 15 is 0 Å². The van der Waals surface area contributed by atoms with Crippen molar-refractivity contribution >= 4 is 11.6 Å². The summed E-state index contributed by atoms with van der Waals surface area (Å²) in [5.74, 6) is 1.53. The average molecular weight is 453 g/mol. The predicted molar refractivity (Wildman–Crippen MR) is 121 cm³/mol. The minimum atomic E-state index is -0.695. The molecule has 0 aliphatic heterocycles. The quantitative estimate of drug-likeness (QED) is 0.338. The number of hydrogen-bond donors (Lipinski definition) is 2. The number of benzene rings is 2. The summed E-state index contributed by atoms with van der Waals surface area (Å²) in [5.41, 5.74) is 2.05. The Morgan fingerprint density at radius 3 is 1.71 bits per heavy atom. The van der Waals surface area contributed by atoms with Crippen LogP contribution in [-0.4, -0.2) is 68.4 Å². The first kappa shape index (κ1) is 25.4. The van der Waals surface area contributed by atoms with Crippen LogP contribution in [-0.2, 0) is 14.9 Å². The third-order valence-corrected chi connectivity index (χ3v) is 5.31. The van der Waals surface area contributed by atoms with E-state index in [4.69, 9.17) is 30.5 Å². The van der Waals surface area contributed by atoms with E-state index in [1.807, 2.05) is 48.5 Å². The van der Waals surface area contributed by atoms with Gasteiger partial charge in [0.1, 0.15) is 36.9 Å². The molecule has 2 rings (SSSR count). The van der Waals surface area contributed by atoms with Crippen LogP contribution < -0.4 is 9.47 Å². The van der Waals surface area contributed by atoms with Gasteiger partial charge in [0, 0.05) is 12.5 Å². The highest BCUT2D eigenvalue weighted by Crippen LogP contribution is 2.33. The smallest absolute Gasteiger partial charge is 0.119 e. The highest BCUT2D eigenvalue weighted by atomic mass is 35.5. The number of aliphatic hydroxyl groups is 2. The van der Waals surface area contributed by atoms with Gasteiger partial charge in [-0.1, -0.05) is 38.1 Å². The zero-order chi connectivity index (χ0) is 22.7. The number of rotatable bonds is 14. The Labute approximate surface area is 189 Å². The van der Waals surface area contributed by atoms with Crippen molar-refractivity contribution in [2.24, 2.45) is 0 Å². The zero-order valence-corrected chi connectivity index (χ0v) is 19.2. The van der Waals surface area contributed by atoms with Crippen LogP contribution in [0, 0.1) is 0 Å². The van der Waals surface area contributed by atoms with Crippen LogP contribution in [0.15, 0.2) is 48.5 Å². The summed E-state index contributed by atoms with van der Waals surface area (Å²) >= 11 is 5.59. The third-order valence-electron chi connectivity index (χ3n) is 4.96. The molecule has 2 atom stereocenters. The highest BCUT2D eigenvalue weighted by molar-refractivity contribution is 6.18. The molecule has 0 aromatic heterocycles. The topological polar surface area (TPSA) is 77.4 Å². The summed E-state index contributed by atoms with van der Waals surface area (Å²) in [6.07, 6.45) is -1.37. The van der Waals surface area contributed by atoms with E-state index in [0.717, 1.165) is 11.1 Å². The van der Waals surface area contributed by atoms with Gasteiger partial charge in [-0.05, 0) is 35.4 Å². The summed E-state index contributed by atoms with van der Waals surface area (Å²) in [5, 5.41) is 19.4. The van der Waals surface area contributed by atoms with Gasteiger partial charge >= 0.3 is 0 Å². The van der Waals surface area contributed by atoms with Crippen molar-refractivity contribution in [3.63, 3.8) is 0 Å². The van der Waals surface area contributed by atoms with Crippen LogP contribution in [0.4, 0.5) is 0 Å². The van der Waals surface area contributed by atoms with Crippen LogP contribution in [0.2, 0.25) is 0 Å². The standard InChI is InChI=1S/C24H33ClO6/c1-24(2,18-4-8-22(9-5-18)30-16-20(26)14-25)19-6-10-23(11-7-19)31-17-21(27)15-29-13-12-28-3/h4-11,20-21,26-27H,12-17H2,1-3H3. The van der Waals surface area contributed by atoms with Crippen molar-refractivity contribution in [2.45, 2.75) is 31.5 Å². The van der Waals surface area contributed by atoms with Crippen molar-refractivity contribution in [2.75, 3.05) is 46.0 Å². The van der Waals surface area contributed by atoms with E-state index < -0.39 is 12.2 Å². The van der Waals surface area contributed by atoms with Crippen LogP contribution in [0.1, 0.15) is 25.0 Å². The molecule has 2 unspecified atom stereocenters. The molecule has 0 radical (unpaired) electrons. The maximum absolute atomic E-state index is 9.93. The van der Waals surface area contributed by atoms with Crippen molar-refractivity contribution in [1.29, 1.82) is 0 Å². The van der Waals surface area contributed by atoms with E-state index in [2.05, 4.69) is 13.8 Å². The largest absolute Gasteiger partial charge is 0.491 e. The minimum Gasteiger partial charge on any atom is -0.491 e. The second-order valence-electron chi connectivity index (χ2n) is 7.83. The van der Waals surface area contributed by atoms with Gasteiger partial charge in [0.25, 0.3) is 0 Å². The maximum atomic E-state index is 9.93. The highest BCUT2D eigenvalue weighted by Gasteiger charge is 2.23. The summed E-state index contributed by atoms with van der Waals surface area (Å²) in [6.45, 7) is 5.78. The molecule has 0 fully saturated rings. The minimum absolute atomic E-state index is 0.145. The lowest BCUT2D eigenvalue weighted by Gasteiger charge is -2.26. The van der Waals surface area contributed by atoms with Crippen molar-refractivity contribution in [3.05, 3.63) is 59.7 Å². The fraction of sp³-hybridized carbons (Fsp3) is 0.500. The molecule has 0 aliphatic carbocycles. The SMILES string of the molecule is COCCOCC(O)COc1ccc(C(C)(C)c2ccc(OCC(O)CCl)cc2)cc1. The van der Waals surface area contributed by atoms with Gasteiger partial charge in [-0.15, -0.1) is 11.6 Å². The summed E-state index contributed by atoms with van der Waals surface area (Å²) < 4.78 is 21.4. The molecule has 7 heteroatoms. The Morgan fingerprint density at radius 1 is 0.774 bits per heavy atom. The Kier molecular flexibility index (Phi) is 10.6. The van der Waals surface area contributed by atoms with Gasteiger partial charge in [-0.3, -0.25) is 0 Å². The van der Waals surface area contributed by atoms with Crippen LogP contribution >= 0.6 is 11.6 Å². The molecule has 172 valence electrons. The Hall–Kier alpha value is -1.83. The monoisotopic (exact) mass is 452 g/mol. The normalized spacial score (nSPS) is 13.6. The number of halogens is 1. The van der Waals surface area contributed by atoms with E-state index in [0.29, 0.717) is 24.7 Å². The third kappa shape index (κ3) is 8.31. The summed E-state index contributed by atoms with van der Waals surface area (Å²) in [4.78, 5) is 0. The second-order valence-corrected chi connectivity index (χ2v) is 8.13. The number of alkyl halides is 1. The molecule has 0 saturated carbocycles. The lowest BCUT2D eigenvalue weighted by atomic mass is 9.78. The van der Waals surface area contributed by atoms with Gasteiger partial charge in [-0.2, -0.15) is 0 Å². The van der Waals surface area contributed by atoms with Crippen molar-refractivity contribution in [1.82, 2.24) is 0 Å². The van der Waals surface area contributed by atoms with E-state index in [1.165, 1.54) is 0 Å². The van der Waals surface area contributed by atoms with Crippen LogP contribution in [0.3, 0.4) is 0 Å². The molecule has 0 heterocycles. The molecule has 0 aliphatic rings. The summed E-state index contributed by atoms with van der Waals surface area (Å²) in [6, 6.07) is 15.7. The molecule has 0 saturated heterocycles. The predicted octanol–water partition coefficient (Wildman–Crippen LogP) is 3.39. The van der Waals surface area contributed by atoms with E-state index in [9.17, 15) is 10.2 Å². The molecular weight excluding hydrogens is 420 g/mol. The van der Waals surface area contributed by atoms with Gasteiger partial charge < -0.3 is 29.2 Å². The van der Waals surface area contributed by atoms with Crippen molar-refractivity contribution < 1.29 is 29.2 Å². The Balaban J connectivity index is 1.90. The summed E-state index contributed by atoms with van der Waals surface area (Å²) in [7, 11) is 1.61. The van der Waals surface area contributed by atoms with E-state index in [-0.39, 0.29) is 31.1 Å². The molecule has 2 aromatic rings. The molecule has 2 aromatic carbocycles. The molecule has 2 N–H and O–H groups in total. The Morgan fingerprint density at radius 2 is 1.26 bits per heavy atom. The van der Waals surface area contributed by atoms with Gasteiger partial charge in [0.2, 0.25) is 0 Å². The fourth-order valence-electron chi connectivity index (χ4n) is 2.94. The Bertz CT molecular complexity index is 748. The van der Waals surface area contributed by atoms with E-state index in [1.54, 1.807) is 7.11 Å². The fourth-order valence-corrected chi connectivity index (χ4v) is 3.03. The molecule has 31 heavy (non-hydrogen) atoms. The van der Waals surface area contributed by atoms with Gasteiger partial charge in [0.05, 0.1) is 25.7 Å². The second kappa shape index (κ2) is 12.9. The molecule has 0 spiro atoms. The zero-order valence-electron chi connectivity index (χ0n) is 18.4. The lowest BCUT2D eigenvalue weighted by Crippen LogP contribution is -2.24. The van der Waals surface area contributed by atoms with Crippen LogP contribution in [0.25, 0.3) is 0 Å². The van der Waals surface area contributed by atoms with Crippen molar-refractivity contribution in [3.8, 4) is 11.5 Å². The van der Waals surface area contributed by atoms with Gasteiger partial charge in [-0.25, -0.2) is 0 Å². The maximum Gasteiger partial charge on any atom is 0.119 e. The number of ether oxygens (including phenoxy) is 4. The average Bonchev–Trinajstić information content (AvgIpc) is 2.79. The first-order valence-corrected chi connectivity index (χ1v) is 10.9. The molecule has 6 nitrogen and oxygen atoms in total. The first-order chi connectivity index (χ1) is 14.9. The first-order valence-electron chi connectivity index (χ1n) is 10.3. The molecule has 0 bridgehead atoms. The van der Waals surface area contributed by atoms with Gasteiger partial charge in [0.15, 0.2) is 0 Å². The number of hydrogen-bond acceptors (Lipinski definition) is 6. The number of methoxy groups -OCH3 is 1.